The van der Waals surface area contributed by atoms with Crippen LogP contribution in [0.15, 0.2) is 48.8 Å². The summed E-state index contributed by atoms with van der Waals surface area (Å²) in [6.45, 7) is -0.0914. The predicted molar refractivity (Wildman–Crippen MR) is 64.8 cm³/mol. The maximum Gasteiger partial charge on any atom is 0.417 e. The molecule has 0 aliphatic carbocycles. The largest absolute Gasteiger partial charge is 0.457 e. The van der Waals surface area contributed by atoms with Gasteiger partial charge in [0.25, 0.3) is 0 Å². The Bertz CT molecular complexity index is 597. The molecule has 20 heavy (non-hydrogen) atoms. The molecule has 2 rings (SSSR count). The molecule has 1 aromatic carbocycles. The molecule has 0 spiro atoms. The Labute approximate surface area is 113 Å². The van der Waals surface area contributed by atoms with Crippen molar-refractivity contribution in [2.75, 3.05) is 0 Å². The van der Waals surface area contributed by atoms with Crippen LogP contribution in [0.1, 0.15) is 21.5 Å². The quantitative estimate of drug-likeness (QED) is 0.809. The SMILES string of the molecule is O=C(OCc1ccccc1)c1cnccc1C(F)(F)F. The molecular formula is C14H10F3NO2. The normalized spacial score (nSPS) is 11.2. The fraction of sp³-hybridized carbons (Fsp3) is 0.143. The maximum atomic E-state index is 12.7. The number of hydrogen-bond acceptors (Lipinski definition) is 3. The van der Waals surface area contributed by atoms with Crippen LogP contribution in [0.5, 0.6) is 0 Å². The van der Waals surface area contributed by atoms with Gasteiger partial charge in [0.2, 0.25) is 0 Å². The second kappa shape index (κ2) is 5.73. The molecule has 0 amide bonds. The van der Waals surface area contributed by atoms with Crippen LogP contribution in [-0.2, 0) is 17.5 Å². The second-order valence-corrected chi connectivity index (χ2v) is 3.98. The van der Waals surface area contributed by atoms with Crippen molar-refractivity contribution < 1.29 is 22.7 Å². The van der Waals surface area contributed by atoms with Crippen molar-refractivity contribution in [1.82, 2.24) is 4.98 Å². The molecule has 0 saturated carbocycles. The van der Waals surface area contributed by atoms with E-state index in [0.717, 1.165) is 18.5 Å². The molecule has 0 bridgehead atoms. The fourth-order valence-corrected chi connectivity index (χ4v) is 1.61. The average molecular weight is 281 g/mol. The number of carbonyl (C=O) groups excluding carboxylic acids is 1. The molecule has 0 N–H and O–H groups in total. The van der Waals surface area contributed by atoms with Crippen LogP contribution in [0.3, 0.4) is 0 Å². The second-order valence-electron chi connectivity index (χ2n) is 3.98. The van der Waals surface area contributed by atoms with Crippen LogP contribution in [0.2, 0.25) is 0 Å². The molecule has 0 atom stereocenters. The molecule has 0 radical (unpaired) electrons. The van der Waals surface area contributed by atoms with Crippen LogP contribution >= 0.6 is 0 Å². The van der Waals surface area contributed by atoms with Gasteiger partial charge >= 0.3 is 12.1 Å². The molecule has 0 saturated heterocycles. The molecule has 0 aliphatic rings. The molecule has 3 nitrogen and oxygen atoms in total. The van der Waals surface area contributed by atoms with E-state index in [1.54, 1.807) is 30.3 Å². The van der Waals surface area contributed by atoms with Gasteiger partial charge in [-0.25, -0.2) is 4.79 Å². The molecule has 1 heterocycles. The molecule has 0 unspecified atom stereocenters. The van der Waals surface area contributed by atoms with E-state index < -0.39 is 23.3 Å². The minimum atomic E-state index is -4.62. The van der Waals surface area contributed by atoms with Crippen molar-refractivity contribution in [3.8, 4) is 0 Å². The van der Waals surface area contributed by atoms with Crippen molar-refractivity contribution in [1.29, 1.82) is 0 Å². The zero-order chi connectivity index (χ0) is 14.6. The topological polar surface area (TPSA) is 39.2 Å². The van der Waals surface area contributed by atoms with Gasteiger partial charge in [0.15, 0.2) is 0 Å². The Kier molecular flexibility index (Phi) is 4.02. The predicted octanol–water partition coefficient (Wildman–Crippen LogP) is 3.46. The number of nitrogens with zero attached hydrogens (tertiary/aromatic N) is 1. The van der Waals surface area contributed by atoms with Crippen molar-refractivity contribution in [3.05, 3.63) is 65.5 Å². The fourth-order valence-electron chi connectivity index (χ4n) is 1.61. The van der Waals surface area contributed by atoms with Gasteiger partial charge < -0.3 is 4.74 Å². The summed E-state index contributed by atoms with van der Waals surface area (Å²) >= 11 is 0. The van der Waals surface area contributed by atoms with E-state index in [-0.39, 0.29) is 6.61 Å². The first kappa shape index (κ1) is 14.0. The summed E-state index contributed by atoms with van der Waals surface area (Å²) < 4.78 is 43.1. The van der Waals surface area contributed by atoms with Gasteiger partial charge in [0.05, 0.1) is 11.1 Å². The van der Waals surface area contributed by atoms with Crippen LogP contribution < -0.4 is 0 Å². The molecule has 0 aliphatic heterocycles. The summed E-state index contributed by atoms with van der Waals surface area (Å²) in [6, 6.07) is 9.44. The van der Waals surface area contributed by atoms with E-state index in [0.29, 0.717) is 5.56 Å². The number of rotatable bonds is 3. The van der Waals surface area contributed by atoms with Crippen LogP contribution in [0.25, 0.3) is 0 Å². The Morgan fingerprint density at radius 1 is 1.15 bits per heavy atom. The van der Waals surface area contributed by atoms with Gasteiger partial charge in [0.1, 0.15) is 6.61 Å². The minimum absolute atomic E-state index is 0.0914. The van der Waals surface area contributed by atoms with E-state index in [4.69, 9.17) is 4.74 Å². The average Bonchev–Trinajstić information content (AvgIpc) is 2.45. The standard InChI is InChI=1S/C14H10F3NO2/c15-14(16,17)12-6-7-18-8-11(12)13(19)20-9-10-4-2-1-3-5-10/h1-8H,9H2. The van der Waals surface area contributed by atoms with Crippen molar-refractivity contribution in [3.63, 3.8) is 0 Å². The van der Waals surface area contributed by atoms with Gasteiger partial charge in [0, 0.05) is 12.4 Å². The van der Waals surface area contributed by atoms with Gasteiger partial charge in [-0.15, -0.1) is 0 Å². The van der Waals surface area contributed by atoms with Crippen molar-refractivity contribution >= 4 is 5.97 Å². The smallest absolute Gasteiger partial charge is 0.417 e. The Morgan fingerprint density at radius 3 is 2.50 bits per heavy atom. The molecule has 0 fully saturated rings. The number of pyridine rings is 1. The highest BCUT2D eigenvalue weighted by atomic mass is 19.4. The Hall–Kier alpha value is -2.37. The number of halogens is 3. The number of benzene rings is 1. The first-order chi connectivity index (χ1) is 9.48. The molecule has 104 valence electrons. The van der Waals surface area contributed by atoms with E-state index in [1.807, 2.05) is 0 Å². The monoisotopic (exact) mass is 281 g/mol. The van der Waals surface area contributed by atoms with E-state index >= 15 is 0 Å². The van der Waals surface area contributed by atoms with Crippen LogP contribution in [0, 0.1) is 0 Å². The van der Waals surface area contributed by atoms with Crippen LogP contribution in [0.4, 0.5) is 13.2 Å². The molecule has 2 aromatic rings. The van der Waals surface area contributed by atoms with Crippen molar-refractivity contribution in [2.24, 2.45) is 0 Å². The van der Waals surface area contributed by atoms with E-state index in [1.165, 1.54) is 0 Å². The summed E-state index contributed by atoms with van der Waals surface area (Å²) in [6.07, 6.45) is -2.78. The number of hydrogen-bond donors (Lipinski definition) is 0. The van der Waals surface area contributed by atoms with E-state index in [2.05, 4.69) is 4.98 Å². The van der Waals surface area contributed by atoms with Gasteiger partial charge in [-0.1, -0.05) is 30.3 Å². The highest BCUT2D eigenvalue weighted by Gasteiger charge is 2.35. The number of aromatic nitrogens is 1. The minimum Gasteiger partial charge on any atom is -0.457 e. The third-order valence-corrected chi connectivity index (χ3v) is 2.56. The Morgan fingerprint density at radius 2 is 1.85 bits per heavy atom. The maximum absolute atomic E-state index is 12.7. The van der Waals surface area contributed by atoms with E-state index in [9.17, 15) is 18.0 Å². The summed E-state index contributed by atoms with van der Waals surface area (Å²) in [5.41, 5.74) is -0.945. The lowest BCUT2D eigenvalue weighted by molar-refractivity contribution is -0.138. The van der Waals surface area contributed by atoms with Gasteiger partial charge in [-0.05, 0) is 11.6 Å². The van der Waals surface area contributed by atoms with Crippen molar-refractivity contribution in [2.45, 2.75) is 12.8 Å². The van der Waals surface area contributed by atoms with Gasteiger partial charge in [-0.3, -0.25) is 4.98 Å². The summed E-state index contributed by atoms with van der Waals surface area (Å²) in [7, 11) is 0. The number of carbonyl (C=O) groups is 1. The third kappa shape index (κ3) is 3.34. The summed E-state index contributed by atoms with van der Waals surface area (Å²) in [4.78, 5) is 15.3. The zero-order valence-electron chi connectivity index (χ0n) is 10.2. The Balaban J connectivity index is 2.14. The lowest BCUT2D eigenvalue weighted by atomic mass is 10.1. The first-order valence-electron chi connectivity index (χ1n) is 5.71. The zero-order valence-corrected chi connectivity index (χ0v) is 10.2. The number of alkyl halides is 3. The third-order valence-electron chi connectivity index (χ3n) is 2.56. The molecule has 1 aromatic heterocycles. The molecule has 6 heteroatoms. The summed E-state index contributed by atoms with van der Waals surface area (Å²) in [5, 5.41) is 0. The molecular weight excluding hydrogens is 271 g/mol. The van der Waals surface area contributed by atoms with Gasteiger partial charge in [-0.2, -0.15) is 13.2 Å². The van der Waals surface area contributed by atoms with Crippen LogP contribution in [-0.4, -0.2) is 11.0 Å². The number of esters is 1. The highest BCUT2D eigenvalue weighted by Crippen LogP contribution is 2.31. The lowest BCUT2D eigenvalue weighted by Crippen LogP contribution is -2.15. The highest BCUT2D eigenvalue weighted by molar-refractivity contribution is 5.90. The number of ether oxygens (including phenoxy) is 1. The summed E-state index contributed by atoms with van der Waals surface area (Å²) in [5.74, 6) is -1.05. The lowest BCUT2D eigenvalue weighted by Gasteiger charge is -2.11. The first-order valence-corrected chi connectivity index (χ1v) is 5.71.